The molecule has 6 nitrogen and oxygen atoms in total. The lowest BCUT2D eigenvalue weighted by Crippen LogP contribution is -2.08. The molecule has 0 unspecified atom stereocenters. The van der Waals surface area contributed by atoms with Crippen molar-refractivity contribution in [1.82, 2.24) is 20.2 Å². The minimum Gasteiger partial charge on any atom is -0.322 e. The van der Waals surface area contributed by atoms with Gasteiger partial charge in [-0.25, -0.2) is 4.68 Å². The first kappa shape index (κ1) is 18.6. The van der Waals surface area contributed by atoms with Crippen molar-refractivity contribution in [2.45, 2.75) is 6.18 Å². The summed E-state index contributed by atoms with van der Waals surface area (Å²) in [5.41, 5.74) is 0.334. The van der Waals surface area contributed by atoms with Crippen molar-refractivity contribution in [3.05, 3.63) is 71.0 Å². The number of rotatable bonds is 4. The second-order valence-electron chi connectivity index (χ2n) is 5.36. The molecule has 3 aromatic rings. The molecule has 1 aromatic heterocycles. The highest BCUT2D eigenvalue weighted by atomic mass is 35.5. The summed E-state index contributed by atoms with van der Waals surface area (Å²) in [6.07, 6.45) is -0.772. The fraction of sp³-hybridized carbons (Fsp3) is 0.0588. The van der Waals surface area contributed by atoms with Crippen LogP contribution in [-0.4, -0.2) is 26.1 Å². The molecule has 0 spiro atoms. The Balaban J connectivity index is 1.74. The molecule has 0 aliphatic carbocycles. The molecule has 0 aliphatic heterocycles. The molecule has 0 radical (unpaired) electrons. The Labute approximate surface area is 156 Å². The van der Waals surface area contributed by atoms with Gasteiger partial charge < -0.3 is 5.32 Å². The average Bonchev–Trinajstić information content (AvgIpc) is 3.15. The van der Waals surface area contributed by atoms with E-state index in [-0.39, 0.29) is 10.6 Å². The number of carbonyl (C=O) groups is 1. The third-order valence-corrected chi connectivity index (χ3v) is 3.81. The van der Waals surface area contributed by atoms with Crippen molar-refractivity contribution < 1.29 is 18.0 Å². The number of hydrogen-bond acceptors (Lipinski definition) is 4. The molecule has 0 bridgehead atoms. The molecule has 10 heteroatoms. The third-order valence-electron chi connectivity index (χ3n) is 3.46. The summed E-state index contributed by atoms with van der Waals surface area (Å²) in [6.45, 7) is 0. The van der Waals surface area contributed by atoms with Gasteiger partial charge in [0, 0.05) is 16.8 Å². The van der Waals surface area contributed by atoms with Crippen LogP contribution in [0.25, 0.3) is 11.8 Å². The van der Waals surface area contributed by atoms with E-state index in [2.05, 4.69) is 20.8 Å². The van der Waals surface area contributed by atoms with E-state index in [0.717, 1.165) is 24.3 Å². The van der Waals surface area contributed by atoms with Gasteiger partial charge in [0.2, 0.25) is 5.91 Å². The van der Waals surface area contributed by atoms with Gasteiger partial charge in [0.25, 0.3) is 0 Å². The molecule has 0 saturated carbocycles. The maximum atomic E-state index is 12.8. The first-order valence-electron chi connectivity index (χ1n) is 7.52. The van der Waals surface area contributed by atoms with Crippen LogP contribution in [0.15, 0.2) is 54.9 Å². The number of benzene rings is 2. The number of anilines is 1. The molecule has 0 fully saturated rings. The molecular weight excluding hydrogens is 383 g/mol. The lowest BCUT2D eigenvalue weighted by Gasteiger charge is -2.08. The number of nitrogens with one attached hydrogen (secondary N) is 1. The fourth-order valence-corrected chi connectivity index (χ4v) is 2.38. The fourth-order valence-electron chi connectivity index (χ4n) is 2.20. The molecule has 138 valence electrons. The van der Waals surface area contributed by atoms with Gasteiger partial charge in [0.15, 0.2) is 0 Å². The molecule has 0 saturated heterocycles. The topological polar surface area (TPSA) is 72.7 Å². The molecule has 1 amide bonds. The van der Waals surface area contributed by atoms with Crippen molar-refractivity contribution in [2.75, 3.05) is 5.32 Å². The van der Waals surface area contributed by atoms with Gasteiger partial charge in [-0.3, -0.25) is 4.79 Å². The van der Waals surface area contributed by atoms with Gasteiger partial charge in [-0.05, 0) is 58.5 Å². The van der Waals surface area contributed by atoms with Crippen LogP contribution in [0.3, 0.4) is 0 Å². The predicted molar refractivity (Wildman–Crippen MR) is 93.3 cm³/mol. The highest BCUT2D eigenvalue weighted by Crippen LogP contribution is 2.32. The number of tetrazole rings is 1. The van der Waals surface area contributed by atoms with Crippen molar-refractivity contribution in [1.29, 1.82) is 0 Å². The standard InChI is InChI=1S/C17H11ClF3N5O/c18-15-6-5-12(17(19,20)21)8-11(15)4-7-16(27)23-13-2-1-3-14(9-13)26-10-22-24-25-26/h1-10H,(H,23,27)/b7-4+. The van der Waals surface area contributed by atoms with Gasteiger partial charge in [0.1, 0.15) is 6.33 Å². The Hall–Kier alpha value is -3.20. The van der Waals surface area contributed by atoms with Crippen LogP contribution in [0.5, 0.6) is 0 Å². The lowest BCUT2D eigenvalue weighted by molar-refractivity contribution is -0.137. The SMILES string of the molecule is O=C(/C=C/c1cc(C(F)(F)F)ccc1Cl)Nc1cccc(-n2cnnn2)c1. The van der Waals surface area contributed by atoms with Crippen LogP contribution in [-0.2, 0) is 11.0 Å². The maximum absolute atomic E-state index is 12.8. The van der Waals surface area contributed by atoms with Crippen LogP contribution < -0.4 is 5.32 Å². The van der Waals surface area contributed by atoms with E-state index in [0.29, 0.717) is 11.4 Å². The van der Waals surface area contributed by atoms with E-state index < -0.39 is 17.6 Å². The van der Waals surface area contributed by atoms with Crippen LogP contribution in [0.2, 0.25) is 5.02 Å². The third kappa shape index (κ3) is 4.70. The molecule has 0 atom stereocenters. The van der Waals surface area contributed by atoms with Crippen molar-refractivity contribution >= 4 is 29.3 Å². The zero-order chi connectivity index (χ0) is 19.4. The number of alkyl halides is 3. The minimum absolute atomic E-state index is 0.0871. The molecule has 1 N–H and O–H groups in total. The van der Waals surface area contributed by atoms with Crippen LogP contribution in [0.1, 0.15) is 11.1 Å². The van der Waals surface area contributed by atoms with Crippen molar-refractivity contribution in [3.63, 3.8) is 0 Å². The summed E-state index contributed by atoms with van der Waals surface area (Å²) in [6, 6.07) is 9.62. The van der Waals surface area contributed by atoms with E-state index in [9.17, 15) is 18.0 Å². The van der Waals surface area contributed by atoms with Gasteiger partial charge in [0.05, 0.1) is 11.3 Å². The van der Waals surface area contributed by atoms with E-state index in [1.807, 2.05) is 0 Å². The summed E-state index contributed by atoms with van der Waals surface area (Å²) in [5, 5.41) is 13.5. The first-order valence-corrected chi connectivity index (χ1v) is 7.90. The first-order chi connectivity index (χ1) is 12.8. The molecule has 27 heavy (non-hydrogen) atoms. The van der Waals surface area contributed by atoms with Crippen molar-refractivity contribution in [2.24, 2.45) is 0 Å². The summed E-state index contributed by atoms with van der Waals surface area (Å²) >= 11 is 5.90. The minimum atomic E-state index is -4.49. The Morgan fingerprint density at radius 3 is 2.70 bits per heavy atom. The number of carbonyl (C=O) groups excluding carboxylic acids is 1. The number of halogens is 4. The quantitative estimate of drug-likeness (QED) is 0.680. The highest BCUT2D eigenvalue weighted by Gasteiger charge is 2.30. The number of hydrogen-bond donors (Lipinski definition) is 1. The largest absolute Gasteiger partial charge is 0.416 e. The number of amides is 1. The van der Waals surface area contributed by atoms with E-state index in [1.165, 1.54) is 17.1 Å². The molecule has 3 rings (SSSR count). The summed E-state index contributed by atoms with van der Waals surface area (Å²) < 4.78 is 39.7. The van der Waals surface area contributed by atoms with Gasteiger partial charge in [-0.2, -0.15) is 13.2 Å². The maximum Gasteiger partial charge on any atom is 0.416 e. The molecule has 1 heterocycles. The van der Waals surface area contributed by atoms with Gasteiger partial charge in [-0.15, -0.1) is 5.10 Å². The van der Waals surface area contributed by atoms with Crippen molar-refractivity contribution in [3.8, 4) is 5.69 Å². The molecule has 2 aromatic carbocycles. The summed E-state index contributed by atoms with van der Waals surface area (Å²) in [5.74, 6) is -0.530. The van der Waals surface area contributed by atoms with Gasteiger partial charge >= 0.3 is 6.18 Å². The zero-order valence-corrected chi connectivity index (χ0v) is 14.2. The van der Waals surface area contributed by atoms with Crippen LogP contribution in [0.4, 0.5) is 18.9 Å². The lowest BCUT2D eigenvalue weighted by atomic mass is 10.1. The van der Waals surface area contributed by atoms with Gasteiger partial charge in [-0.1, -0.05) is 17.7 Å². The monoisotopic (exact) mass is 393 g/mol. The predicted octanol–water partition coefficient (Wildman–Crippen LogP) is 3.99. The number of aromatic nitrogens is 4. The Morgan fingerprint density at radius 1 is 1.19 bits per heavy atom. The molecular formula is C17H11ClF3N5O. The Kier molecular flexibility index (Phi) is 5.22. The smallest absolute Gasteiger partial charge is 0.322 e. The number of nitrogens with zero attached hydrogens (tertiary/aromatic N) is 4. The average molecular weight is 394 g/mol. The summed E-state index contributed by atoms with van der Waals surface area (Å²) in [7, 11) is 0. The Morgan fingerprint density at radius 2 is 2.00 bits per heavy atom. The molecule has 0 aliphatic rings. The Bertz CT molecular complexity index is 986. The van der Waals surface area contributed by atoms with E-state index >= 15 is 0 Å². The second kappa shape index (κ2) is 7.58. The second-order valence-corrected chi connectivity index (χ2v) is 5.77. The van der Waals surface area contributed by atoms with E-state index in [4.69, 9.17) is 11.6 Å². The van der Waals surface area contributed by atoms with Crippen LogP contribution >= 0.6 is 11.6 Å². The normalized spacial score (nSPS) is 11.7. The highest BCUT2D eigenvalue weighted by molar-refractivity contribution is 6.32. The van der Waals surface area contributed by atoms with Crippen LogP contribution in [0, 0.1) is 0 Å². The van der Waals surface area contributed by atoms with E-state index in [1.54, 1.807) is 24.3 Å². The zero-order valence-electron chi connectivity index (χ0n) is 13.5. The summed E-state index contributed by atoms with van der Waals surface area (Å²) in [4.78, 5) is 12.1.